The molecule has 154 valence electrons. The Morgan fingerprint density at radius 3 is 2.48 bits per heavy atom. The van der Waals surface area contributed by atoms with Crippen LogP contribution in [-0.2, 0) is 23.0 Å². The van der Waals surface area contributed by atoms with E-state index in [4.69, 9.17) is 0 Å². The Labute approximate surface area is 170 Å². The number of aryl methyl sites for hydroxylation is 2. The molecule has 0 N–H and O–H groups in total. The van der Waals surface area contributed by atoms with E-state index >= 15 is 0 Å². The van der Waals surface area contributed by atoms with Gasteiger partial charge in [0.1, 0.15) is 16.2 Å². The van der Waals surface area contributed by atoms with E-state index < -0.39 is 10.0 Å². The molecule has 4 rings (SSSR count). The van der Waals surface area contributed by atoms with Crippen molar-refractivity contribution < 1.29 is 8.42 Å². The fourth-order valence-corrected chi connectivity index (χ4v) is 5.57. The van der Waals surface area contributed by atoms with Crippen molar-refractivity contribution in [3.63, 3.8) is 0 Å². The molecule has 0 bridgehead atoms. The van der Waals surface area contributed by atoms with Crippen LogP contribution in [-0.4, -0.2) is 40.0 Å². The SMILES string of the molecule is CCn1nc(C)n2cc(S(=O)(=O)N3CCC(Cc4ccccc4)CC3)cc2c1=O. The van der Waals surface area contributed by atoms with Gasteiger partial charge in [-0.2, -0.15) is 9.40 Å². The molecule has 1 fully saturated rings. The monoisotopic (exact) mass is 414 g/mol. The molecule has 29 heavy (non-hydrogen) atoms. The first-order chi connectivity index (χ1) is 13.9. The largest absolute Gasteiger partial charge is 0.298 e. The van der Waals surface area contributed by atoms with Gasteiger partial charge in [-0.05, 0) is 50.7 Å². The van der Waals surface area contributed by atoms with Crippen LogP contribution in [0, 0.1) is 12.8 Å². The van der Waals surface area contributed by atoms with Crippen LogP contribution in [0.3, 0.4) is 0 Å². The molecule has 1 aliphatic rings. The van der Waals surface area contributed by atoms with Crippen molar-refractivity contribution in [2.24, 2.45) is 5.92 Å². The Balaban J connectivity index is 1.54. The van der Waals surface area contributed by atoms with Gasteiger partial charge in [0, 0.05) is 25.8 Å². The molecule has 0 saturated carbocycles. The molecular formula is C21H26N4O3S. The highest BCUT2D eigenvalue weighted by molar-refractivity contribution is 7.89. The van der Waals surface area contributed by atoms with E-state index in [-0.39, 0.29) is 10.5 Å². The number of fused-ring (bicyclic) bond motifs is 1. The third-order valence-electron chi connectivity index (χ3n) is 5.74. The van der Waals surface area contributed by atoms with Crippen molar-refractivity contribution in [1.82, 2.24) is 18.5 Å². The molecule has 0 atom stereocenters. The van der Waals surface area contributed by atoms with E-state index in [1.54, 1.807) is 15.6 Å². The number of hydrogen-bond donors (Lipinski definition) is 0. The lowest BCUT2D eigenvalue weighted by Crippen LogP contribution is -2.38. The summed E-state index contributed by atoms with van der Waals surface area (Å²) in [6.45, 7) is 5.05. The Kier molecular flexibility index (Phi) is 5.31. The second-order valence-corrected chi connectivity index (χ2v) is 9.57. The molecule has 8 heteroatoms. The molecule has 3 heterocycles. The topological polar surface area (TPSA) is 76.7 Å². The number of hydrogen-bond acceptors (Lipinski definition) is 4. The Morgan fingerprint density at radius 1 is 1.14 bits per heavy atom. The Morgan fingerprint density at radius 2 is 1.83 bits per heavy atom. The summed E-state index contributed by atoms with van der Waals surface area (Å²) in [5.74, 6) is 1.07. The fraction of sp³-hybridized carbons (Fsp3) is 0.429. The van der Waals surface area contributed by atoms with Crippen LogP contribution in [0.5, 0.6) is 0 Å². The maximum atomic E-state index is 13.2. The summed E-state index contributed by atoms with van der Waals surface area (Å²) in [5.41, 5.74) is 1.36. The highest BCUT2D eigenvalue weighted by Crippen LogP contribution is 2.27. The van der Waals surface area contributed by atoms with Crippen LogP contribution in [0.1, 0.15) is 31.2 Å². The quantitative estimate of drug-likeness (QED) is 0.643. The summed E-state index contributed by atoms with van der Waals surface area (Å²) in [6, 6.07) is 11.8. The van der Waals surface area contributed by atoms with Crippen LogP contribution < -0.4 is 5.56 Å². The average Bonchev–Trinajstić information content (AvgIpc) is 3.19. The molecule has 2 aromatic heterocycles. The third-order valence-corrected chi connectivity index (χ3v) is 7.60. The first-order valence-electron chi connectivity index (χ1n) is 10.0. The summed E-state index contributed by atoms with van der Waals surface area (Å²) in [7, 11) is -3.64. The van der Waals surface area contributed by atoms with Crippen molar-refractivity contribution in [3.05, 3.63) is 64.3 Å². The van der Waals surface area contributed by atoms with E-state index in [1.807, 2.05) is 25.1 Å². The van der Waals surface area contributed by atoms with Crippen LogP contribution in [0.15, 0.2) is 52.3 Å². The van der Waals surface area contributed by atoms with Gasteiger partial charge in [0.05, 0.1) is 0 Å². The van der Waals surface area contributed by atoms with Gasteiger partial charge in [0.25, 0.3) is 5.56 Å². The lowest BCUT2D eigenvalue weighted by molar-refractivity contribution is 0.273. The molecule has 1 saturated heterocycles. The summed E-state index contributed by atoms with van der Waals surface area (Å²) in [5, 5.41) is 4.24. The Bertz CT molecular complexity index is 1170. The Hall–Kier alpha value is -2.45. The molecule has 0 amide bonds. The minimum Gasteiger partial charge on any atom is -0.298 e. The van der Waals surface area contributed by atoms with E-state index in [0.717, 1.165) is 19.3 Å². The number of aromatic nitrogens is 3. The lowest BCUT2D eigenvalue weighted by atomic mass is 9.91. The molecule has 1 aromatic carbocycles. The molecule has 3 aromatic rings. The average molecular weight is 415 g/mol. The van der Waals surface area contributed by atoms with Gasteiger partial charge in [0.2, 0.25) is 10.0 Å². The molecule has 0 spiro atoms. The number of benzene rings is 1. The van der Waals surface area contributed by atoms with E-state index in [9.17, 15) is 13.2 Å². The van der Waals surface area contributed by atoms with Crippen LogP contribution in [0.4, 0.5) is 0 Å². The zero-order valence-electron chi connectivity index (χ0n) is 16.8. The van der Waals surface area contributed by atoms with Crippen LogP contribution in [0.25, 0.3) is 5.52 Å². The first-order valence-corrected chi connectivity index (χ1v) is 11.5. The normalized spacial score (nSPS) is 16.5. The van der Waals surface area contributed by atoms with Gasteiger partial charge in [-0.25, -0.2) is 13.1 Å². The van der Waals surface area contributed by atoms with Crippen molar-refractivity contribution in [3.8, 4) is 0 Å². The summed E-state index contributed by atoms with van der Waals surface area (Å²) in [4.78, 5) is 12.7. The molecule has 7 nitrogen and oxygen atoms in total. The van der Waals surface area contributed by atoms with Crippen molar-refractivity contribution in [1.29, 1.82) is 0 Å². The third kappa shape index (κ3) is 3.74. The van der Waals surface area contributed by atoms with Crippen molar-refractivity contribution in [2.45, 2.75) is 44.6 Å². The highest BCUT2D eigenvalue weighted by Gasteiger charge is 2.30. The predicted molar refractivity (Wildman–Crippen MR) is 111 cm³/mol. The zero-order valence-corrected chi connectivity index (χ0v) is 17.6. The van der Waals surface area contributed by atoms with Crippen molar-refractivity contribution >= 4 is 15.5 Å². The van der Waals surface area contributed by atoms with E-state index in [2.05, 4.69) is 17.2 Å². The molecule has 1 aliphatic heterocycles. The van der Waals surface area contributed by atoms with Gasteiger partial charge >= 0.3 is 0 Å². The molecule has 0 unspecified atom stereocenters. The standard InChI is InChI=1S/C21H26N4O3S/c1-3-25-21(26)20-14-19(15-24(20)16(2)22-25)29(27,28)23-11-9-18(10-12-23)13-17-7-5-4-6-8-17/h4-8,14-15,18H,3,9-13H2,1-2H3. The number of piperidine rings is 1. The highest BCUT2D eigenvalue weighted by atomic mass is 32.2. The predicted octanol–water partition coefficient (Wildman–Crippen LogP) is 2.47. The van der Waals surface area contributed by atoms with Gasteiger partial charge in [-0.15, -0.1) is 0 Å². The molecule has 0 aliphatic carbocycles. The minimum atomic E-state index is -3.64. The second kappa shape index (κ2) is 7.76. The first kappa shape index (κ1) is 19.8. The maximum Gasteiger partial charge on any atom is 0.291 e. The fourth-order valence-electron chi connectivity index (χ4n) is 4.08. The smallest absolute Gasteiger partial charge is 0.291 e. The number of sulfonamides is 1. The summed E-state index contributed by atoms with van der Waals surface area (Å²) in [6.07, 6.45) is 4.17. The molecular weight excluding hydrogens is 388 g/mol. The van der Waals surface area contributed by atoms with Gasteiger partial charge < -0.3 is 0 Å². The molecule has 0 radical (unpaired) electrons. The van der Waals surface area contributed by atoms with Gasteiger partial charge in [-0.3, -0.25) is 9.20 Å². The summed E-state index contributed by atoms with van der Waals surface area (Å²) < 4.78 is 30.8. The zero-order chi connectivity index (χ0) is 20.6. The minimum absolute atomic E-state index is 0.162. The van der Waals surface area contributed by atoms with E-state index in [0.29, 0.717) is 36.9 Å². The lowest BCUT2D eigenvalue weighted by Gasteiger charge is -2.31. The second-order valence-electron chi connectivity index (χ2n) is 7.64. The van der Waals surface area contributed by atoms with Gasteiger partial charge in [0.15, 0.2) is 0 Å². The number of nitrogens with zero attached hydrogens (tertiary/aromatic N) is 4. The van der Waals surface area contributed by atoms with E-state index in [1.165, 1.54) is 22.5 Å². The van der Waals surface area contributed by atoms with Crippen molar-refractivity contribution in [2.75, 3.05) is 13.1 Å². The summed E-state index contributed by atoms with van der Waals surface area (Å²) >= 11 is 0. The van der Waals surface area contributed by atoms with Gasteiger partial charge in [-0.1, -0.05) is 30.3 Å². The van der Waals surface area contributed by atoms with Crippen LogP contribution >= 0.6 is 0 Å². The maximum absolute atomic E-state index is 13.2. The number of rotatable bonds is 5. The van der Waals surface area contributed by atoms with Crippen LogP contribution in [0.2, 0.25) is 0 Å².